The molecule has 20 heavy (non-hydrogen) atoms. The third-order valence-electron chi connectivity index (χ3n) is 2.62. The van der Waals surface area contributed by atoms with Crippen LogP contribution in [0.3, 0.4) is 0 Å². The number of nitrogens with two attached hydrogens (primary N) is 1. The monoisotopic (exact) mass is 354 g/mol. The number of hydrogen-bond donors (Lipinski definition) is 2. The van der Waals surface area contributed by atoms with Gasteiger partial charge in [-0.25, -0.2) is 0 Å². The van der Waals surface area contributed by atoms with Crippen LogP contribution in [0.5, 0.6) is 5.75 Å². The number of ether oxygens (including phenoxy) is 1. The molecule has 0 aliphatic rings. The van der Waals surface area contributed by atoms with Crippen LogP contribution in [0.15, 0.2) is 34.1 Å². The molecular formula is C14H15BrN2O2S. The smallest absolute Gasteiger partial charge is 0.251 e. The minimum Gasteiger partial charge on any atom is -0.492 e. The maximum absolute atomic E-state index is 12.0. The van der Waals surface area contributed by atoms with Gasteiger partial charge >= 0.3 is 0 Å². The van der Waals surface area contributed by atoms with Crippen molar-refractivity contribution in [3.05, 3.63) is 44.6 Å². The Balaban J connectivity index is 2.00. The van der Waals surface area contributed by atoms with Gasteiger partial charge in [0.15, 0.2) is 0 Å². The number of amides is 1. The maximum atomic E-state index is 12.0. The summed E-state index contributed by atoms with van der Waals surface area (Å²) < 4.78 is 6.39. The average molecular weight is 355 g/mol. The molecule has 0 bridgehead atoms. The van der Waals surface area contributed by atoms with Crippen molar-refractivity contribution in [3.8, 4) is 5.75 Å². The van der Waals surface area contributed by atoms with E-state index in [2.05, 4.69) is 21.2 Å². The van der Waals surface area contributed by atoms with Crippen LogP contribution in [-0.2, 0) is 6.54 Å². The minimum absolute atomic E-state index is 0.149. The second-order valence-corrected chi connectivity index (χ2v) is 6.62. The zero-order valence-corrected chi connectivity index (χ0v) is 13.4. The maximum Gasteiger partial charge on any atom is 0.251 e. The summed E-state index contributed by atoms with van der Waals surface area (Å²) in [5, 5.41) is 2.86. The molecule has 0 radical (unpaired) electrons. The van der Waals surface area contributed by atoms with E-state index in [4.69, 9.17) is 10.5 Å². The molecular weight excluding hydrogens is 340 g/mol. The predicted molar refractivity (Wildman–Crippen MR) is 85.2 cm³/mol. The van der Waals surface area contributed by atoms with Crippen LogP contribution in [0.25, 0.3) is 0 Å². The van der Waals surface area contributed by atoms with Crippen LogP contribution in [-0.4, -0.2) is 12.5 Å². The number of anilines is 1. The fourth-order valence-corrected chi connectivity index (χ4v) is 3.12. The first-order valence-electron chi connectivity index (χ1n) is 6.15. The summed E-state index contributed by atoms with van der Waals surface area (Å²) in [5.74, 6) is 0.454. The molecule has 3 N–H and O–H groups in total. The van der Waals surface area contributed by atoms with E-state index in [0.29, 0.717) is 30.2 Å². The van der Waals surface area contributed by atoms with Gasteiger partial charge in [0.05, 0.1) is 22.6 Å². The van der Waals surface area contributed by atoms with Gasteiger partial charge in [0.1, 0.15) is 5.75 Å². The molecule has 1 heterocycles. The Morgan fingerprint density at radius 2 is 2.20 bits per heavy atom. The van der Waals surface area contributed by atoms with E-state index in [1.54, 1.807) is 29.5 Å². The normalized spacial score (nSPS) is 10.3. The highest BCUT2D eigenvalue weighted by atomic mass is 79.9. The van der Waals surface area contributed by atoms with E-state index < -0.39 is 0 Å². The fraction of sp³-hybridized carbons (Fsp3) is 0.214. The lowest BCUT2D eigenvalue weighted by Crippen LogP contribution is -2.22. The number of benzene rings is 1. The summed E-state index contributed by atoms with van der Waals surface area (Å²) in [6, 6.07) is 8.99. The SMILES string of the molecule is CCOc1ccc(C(=O)NCc2ccc(Br)s2)cc1N. The number of rotatable bonds is 5. The average Bonchev–Trinajstić information content (AvgIpc) is 2.84. The largest absolute Gasteiger partial charge is 0.492 e. The van der Waals surface area contributed by atoms with Crippen molar-refractivity contribution in [3.63, 3.8) is 0 Å². The predicted octanol–water partition coefficient (Wildman–Crippen LogP) is 3.42. The Bertz CT molecular complexity index is 613. The van der Waals surface area contributed by atoms with E-state index in [9.17, 15) is 4.79 Å². The van der Waals surface area contributed by atoms with E-state index in [1.807, 2.05) is 19.1 Å². The molecule has 2 rings (SSSR count). The molecule has 1 aromatic carbocycles. The Labute approximate surface area is 130 Å². The van der Waals surface area contributed by atoms with Gasteiger partial charge in [-0.1, -0.05) is 0 Å². The first-order chi connectivity index (χ1) is 9.60. The van der Waals surface area contributed by atoms with Crippen molar-refractivity contribution in [2.24, 2.45) is 0 Å². The molecule has 0 aliphatic carbocycles. The van der Waals surface area contributed by atoms with Crippen molar-refractivity contribution >= 4 is 38.9 Å². The quantitative estimate of drug-likeness (QED) is 0.808. The van der Waals surface area contributed by atoms with Crippen LogP contribution in [0.1, 0.15) is 22.2 Å². The number of nitrogen functional groups attached to an aromatic ring is 1. The molecule has 0 saturated heterocycles. The van der Waals surface area contributed by atoms with Crippen molar-refractivity contribution in [2.45, 2.75) is 13.5 Å². The fourth-order valence-electron chi connectivity index (χ4n) is 1.69. The summed E-state index contributed by atoms with van der Waals surface area (Å²) in [7, 11) is 0. The highest BCUT2D eigenvalue weighted by molar-refractivity contribution is 9.11. The lowest BCUT2D eigenvalue weighted by Gasteiger charge is -2.09. The first-order valence-corrected chi connectivity index (χ1v) is 7.76. The van der Waals surface area contributed by atoms with Gasteiger partial charge in [-0.2, -0.15) is 0 Å². The van der Waals surface area contributed by atoms with Gasteiger partial charge in [-0.05, 0) is 53.2 Å². The number of carbonyl (C=O) groups excluding carboxylic acids is 1. The van der Waals surface area contributed by atoms with Crippen molar-refractivity contribution in [2.75, 3.05) is 12.3 Å². The summed E-state index contributed by atoms with van der Waals surface area (Å²) >= 11 is 4.99. The molecule has 0 spiro atoms. The van der Waals surface area contributed by atoms with E-state index >= 15 is 0 Å². The second kappa shape index (κ2) is 6.76. The summed E-state index contributed by atoms with van der Waals surface area (Å²) in [6.07, 6.45) is 0. The Hall–Kier alpha value is -1.53. The van der Waals surface area contributed by atoms with Gasteiger partial charge in [0.2, 0.25) is 0 Å². The summed E-state index contributed by atoms with van der Waals surface area (Å²) in [4.78, 5) is 13.1. The van der Waals surface area contributed by atoms with E-state index in [0.717, 1.165) is 8.66 Å². The van der Waals surface area contributed by atoms with Gasteiger partial charge in [-0.3, -0.25) is 4.79 Å². The molecule has 1 amide bonds. The van der Waals surface area contributed by atoms with Gasteiger partial charge in [-0.15, -0.1) is 11.3 Å². The molecule has 2 aromatic rings. The zero-order chi connectivity index (χ0) is 14.5. The number of carbonyl (C=O) groups is 1. The highest BCUT2D eigenvalue weighted by Crippen LogP contribution is 2.23. The number of hydrogen-bond acceptors (Lipinski definition) is 4. The number of halogens is 1. The van der Waals surface area contributed by atoms with Crippen LogP contribution in [0.2, 0.25) is 0 Å². The van der Waals surface area contributed by atoms with Gasteiger partial charge in [0.25, 0.3) is 5.91 Å². The van der Waals surface area contributed by atoms with Crippen LogP contribution < -0.4 is 15.8 Å². The van der Waals surface area contributed by atoms with Crippen LogP contribution >= 0.6 is 27.3 Å². The minimum atomic E-state index is -0.149. The zero-order valence-electron chi connectivity index (χ0n) is 11.0. The van der Waals surface area contributed by atoms with Gasteiger partial charge < -0.3 is 15.8 Å². The Kier molecular flexibility index (Phi) is 5.03. The van der Waals surface area contributed by atoms with Gasteiger partial charge in [0, 0.05) is 10.4 Å². The number of thiophene rings is 1. The van der Waals surface area contributed by atoms with E-state index in [1.165, 1.54) is 0 Å². The van der Waals surface area contributed by atoms with Crippen molar-refractivity contribution in [1.29, 1.82) is 0 Å². The lowest BCUT2D eigenvalue weighted by molar-refractivity contribution is 0.0951. The van der Waals surface area contributed by atoms with Crippen LogP contribution in [0.4, 0.5) is 5.69 Å². The third kappa shape index (κ3) is 3.74. The molecule has 0 atom stereocenters. The van der Waals surface area contributed by atoms with Crippen molar-refractivity contribution < 1.29 is 9.53 Å². The topological polar surface area (TPSA) is 64.3 Å². The molecule has 0 aliphatic heterocycles. The second-order valence-electron chi connectivity index (χ2n) is 4.07. The Morgan fingerprint density at radius 3 is 2.80 bits per heavy atom. The van der Waals surface area contributed by atoms with Crippen LogP contribution in [0, 0.1) is 0 Å². The molecule has 6 heteroatoms. The summed E-state index contributed by atoms with van der Waals surface area (Å²) in [6.45, 7) is 2.93. The highest BCUT2D eigenvalue weighted by Gasteiger charge is 2.09. The number of nitrogens with one attached hydrogen (secondary N) is 1. The molecule has 0 unspecified atom stereocenters. The molecule has 0 saturated carbocycles. The van der Waals surface area contributed by atoms with Crippen molar-refractivity contribution in [1.82, 2.24) is 5.32 Å². The van der Waals surface area contributed by atoms with E-state index in [-0.39, 0.29) is 5.91 Å². The summed E-state index contributed by atoms with van der Waals surface area (Å²) in [5.41, 5.74) is 6.85. The lowest BCUT2D eigenvalue weighted by atomic mass is 10.1. The molecule has 0 fully saturated rings. The molecule has 4 nitrogen and oxygen atoms in total. The first kappa shape index (κ1) is 14.9. The molecule has 1 aromatic heterocycles. The molecule has 106 valence electrons. The third-order valence-corrected chi connectivity index (χ3v) is 4.25. The standard InChI is InChI=1S/C14H15BrN2O2S/c1-2-19-12-5-3-9(7-11(12)16)14(18)17-8-10-4-6-13(15)20-10/h3-7H,2,8,16H2,1H3,(H,17,18). The Morgan fingerprint density at radius 1 is 1.40 bits per heavy atom.